The number of rotatable bonds is 6. The molecule has 0 aliphatic heterocycles. The van der Waals surface area contributed by atoms with Crippen LogP contribution in [0.1, 0.15) is 37.5 Å². The van der Waals surface area contributed by atoms with E-state index in [9.17, 15) is 19.8 Å². The number of aryl methyl sites for hydroxylation is 1. The van der Waals surface area contributed by atoms with Gasteiger partial charge in [0.1, 0.15) is 11.4 Å². The predicted molar refractivity (Wildman–Crippen MR) is 101 cm³/mol. The van der Waals surface area contributed by atoms with Crippen molar-refractivity contribution in [2.24, 2.45) is 0 Å². The maximum atomic E-state index is 12.4. The lowest BCUT2D eigenvalue weighted by molar-refractivity contribution is 0.0287. The van der Waals surface area contributed by atoms with Gasteiger partial charge in [-0.05, 0) is 27.7 Å². The van der Waals surface area contributed by atoms with Gasteiger partial charge in [-0.15, -0.1) is 0 Å². The van der Waals surface area contributed by atoms with Gasteiger partial charge in [-0.3, -0.25) is 0 Å². The average molecular weight is 382 g/mol. The second kappa shape index (κ2) is 9.57. The molecule has 8 nitrogen and oxygen atoms in total. The first kappa shape index (κ1) is 22.7. The first-order valence-electron chi connectivity index (χ1n) is 8.69. The number of ether oxygens (including phenoxy) is 2. The van der Waals surface area contributed by atoms with Crippen LogP contribution >= 0.6 is 0 Å². The van der Waals surface area contributed by atoms with Crippen LogP contribution in [0.5, 0.6) is 5.75 Å². The number of aliphatic hydroxyl groups is 2. The fourth-order valence-corrected chi connectivity index (χ4v) is 2.28. The second-order valence-electron chi connectivity index (χ2n) is 7.42. The molecule has 0 unspecified atom stereocenters. The van der Waals surface area contributed by atoms with Gasteiger partial charge in [0.15, 0.2) is 0 Å². The Labute approximate surface area is 160 Å². The Kier molecular flexibility index (Phi) is 8.05. The summed E-state index contributed by atoms with van der Waals surface area (Å²) in [5.74, 6) is 0.156. The first-order valence-corrected chi connectivity index (χ1v) is 8.69. The fourth-order valence-electron chi connectivity index (χ4n) is 2.28. The molecule has 0 saturated heterocycles. The van der Waals surface area contributed by atoms with Crippen LogP contribution in [0.4, 0.5) is 9.59 Å². The van der Waals surface area contributed by atoms with E-state index < -0.39 is 17.8 Å². The number of likely N-dealkylation sites (N-methyl/N-ethyl adjacent to an activating group) is 2. The van der Waals surface area contributed by atoms with E-state index >= 15 is 0 Å². The van der Waals surface area contributed by atoms with Gasteiger partial charge in [0.05, 0.1) is 13.2 Å². The highest BCUT2D eigenvalue weighted by atomic mass is 16.6. The third-order valence-electron chi connectivity index (χ3n) is 3.70. The molecular formula is C19H30N2O6. The molecule has 0 heterocycles. The summed E-state index contributed by atoms with van der Waals surface area (Å²) in [7, 11) is 3.12. The summed E-state index contributed by atoms with van der Waals surface area (Å²) in [6.45, 7) is 7.01. The molecule has 8 heteroatoms. The van der Waals surface area contributed by atoms with Crippen molar-refractivity contribution in [3.63, 3.8) is 0 Å². The van der Waals surface area contributed by atoms with Gasteiger partial charge in [-0.1, -0.05) is 17.7 Å². The monoisotopic (exact) mass is 382 g/mol. The standard InChI is InChI=1S/C19H30N2O6/c1-13-9-14(11-22)16(15(10-13)12-23)26-17(24)20(5)7-8-21(6)18(25)27-19(2,3)4/h9-10,22-23H,7-8,11-12H2,1-6H3. The van der Waals surface area contributed by atoms with Gasteiger partial charge in [0, 0.05) is 38.3 Å². The number of nitrogens with zero attached hydrogens (tertiary/aromatic N) is 2. The topological polar surface area (TPSA) is 99.5 Å². The lowest BCUT2D eigenvalue weighted by Gasteiger charge is -2.26. The zero-order valence-corrected chi connectivity index (χ0v) is 16.9. The van der Waals surface area contributed by atoms with Crippen LogP contribution in [0.3, 0.4) is 0 Å². The number of amides is 2. The largest absolute Gasteiger partial charge is 0.444 e. The summed E-state index contributed by atoms with van der Waals surface area (Å²) in [5.41, 5.74) is 1.09. The third kappa shape index (κ3) is 7.07. The van der Waals surface area contributed by atoms with Gasteiger partial charge in [-0.2, -0.15) is 0 Å². The second-order valence-corrected chi connectivity index (χ2v) is 7.42. The van der Waals surface area contributed by atoms with E-state index in [-0.39, 0.29) is 32.1 Å². The Balaban J connectivity index is 2.72. The van der Waals surface area contributed by atoms with Gasteiger partial charge >= 0.3 is 12.2 Å². The minimum Gasteiger partial charge on any atom is -0.444 e. The molecule has 27 heavy (non-hydrogen) atoms. The quantitative estimate of drug-likeness (QED) is 0.783. The van der Waals surface area contributed by atoms with Crippen molar-refractivity contribution in [2.75, 3.05) is 27.2 Å². The summed E-state index contributed by atoms with van der Waals surface area (Å²) in [5, 5.41) is 19.0. The SMILES string of the molecule is Cc1cc(CO)c(OC(=O)N(C)CCN(C)C(=O)OC(C)(C)C)c(CO)c1. The smallest absolute Gasteiger partial charge is 0.415 e. The summed E-state index contributed by atoms with van der Waals surface area (Å²) in [6.07, 6.45) is -1.13. The summed E-state index contributed by atoms with van der Waals surface area (Å²) < 4.78 is 10.6. The van der Waals surface area contributed by atoms with Gasteiger partial charge < -0.3 is 29.5 Å². The minimum absolute atomic E-state index is 0.156. The van der Waals surface area contributed by atoms with Crippen LogP contribution < -0.4 is 4.74 Å². The van der Waals surface area contributed by atoms with E-state index in [0.29, 0.717) is 11.1 Å². The van der Waals surface area contributed by atoms with Crippen molar-refractivity contribution < 1.29 is 29.3 Å². The van der Waals surface area contributed by atoms with E-state index in [0.717, 1.165) is 5.56 Å². The van der Waals surface area contributed by atoms with Crippen molar-refractivity contribution in [1.82, 2.24) is 9.80 Å². The van der Waals surface area contributed by atoms with Crippen molar-refractivity contribution >= 4 is 12.2 Å². The molecule has 0 atom stereocenters. The Morgan fingerprint density at radius 1 is 0.963 bits per heavy atom. The molecule has 152 valence electrons. The molecule has 2 amide bonds. The van der Waals surface area contributed by atoms with Crippen LogP contribution in [0.15, 0.2) is 12.1 Å². The molecule has 0 fully saturated rings. The Morgan fingerprint density at radius 2 is 1.41 bits per heavy atom. The maximum absolute atomic E-state index is 12.4. The van der Waals surface area contributed by atoms with E-state index in [2.05, 4.69) is 0 Å². The number of hydrogen-bond donors (Lipinski definition) is 2. The molecular weight excluding hydrogens is 352 g/mol. The van der Waals surface area contributed by atoms with E-state index in [1.807, 2.05) is 6.92 Å². The normalized spacial score (nSPS) is 11.1. The molecule has 1 rings (SSSR count). The molecule has 1 aromatic rings. The van der Waals surface area contributed by atoms with Crippen molar-refractivity contribution in [2.45, 2.75) is 46.5 Å². The van der Waals surface area contributed by atoms with Crippen LogP contribution in [-0.2, 0) is 18.0 Å². The van der Waals surface area contributed by atoms with Gasteiger partial charge in [-0.25, -0.2) is 9.59 Å². The lowest BCUT2D eigenvalue weighted by Crippen LogP contribution is -2.40. The highest BCUT2D eigenvalue weighted by Crippen LogP contribution is 2.27. The molecule has 0 saturated carbocycles. The van der Waals surface area contributed by atoms with Crippen LogP contribution in [0.25, 0.3) is 0 Å². The van der Waals surface area contributed by atoms with Crippen molar-refractivity contribution in [3.05, 3.63) is 28.8 Å². The number of hydrogen-bond acceptors (Lipinski definition) is 6. The minimum atomic E-state index is -0.652. The molecule has 1 aromatic carbocycles. The zero-order valence-electron chi connectivity index (χ0n) is 16.9. The Bertz CT molecular complexity index is 644. The molecule has 0 aromatic heterocycles. The van der Waals surface area contributed by atoms with Crippen molar-refractivity contribution in [1.29, 1.82) is 0 Å². The predicted octanol–water partition coefficient (Wildman–Crippen LogP) is 2.28. The highest BCUT2D eigenvalue weighted by molar-refractivity contribution is 5.72. The van der Waals surface area contributed by atoms with E-state index in [4.69, 9.17) is 9.47 Å². The molecule has 0 spiro atoms. The summed E-state index contributed by atoms with van der Waals surface area (Å²) in [4.78, 5) is 27.0. The molecule has 2 N–H and O–H groups in total. The lowest BCUT2D eigenvalue weighted by atomic mass is 10.1. The first-order chi connectivity index (χ1) is 12.5. The molecule has 0 radical (unpaired) electrons. The maximum Gasteiger partial charge on any atom is 0.415 e. The van der Waals surface area contributed by atoms with E-state index in [1.54, 1.807) is 40.0 Å². The Morgan fingerprint density at radius 3 is 1.81 bits per heavy atom. The highest BCUT2D eigenvalue weighted by Gasteiger charge is 2.21. The molecule has 0 bridgehead atoms. The zero-order chi connectivity index (χ0) is 20.8. The summed E-state index contributed by atoms with van der Waals surface area (Å²) in [6, 6.07) is 3.39. The van der Waals surface area contributed by atoms with Crippen molar-refractivity contribution in [3.8, 4) is 5.75 Å². The number of carbonyl (C=O) groups is 2. The summed E-state index contributed by atoms with van der Waals surface area (Å²) >= 11 is 0. The van der Waals surface area contributed by atoms with Crippen LogP contribution in [0.2, 0.25) is 0 Å². The number of carbonyl (C=O) groups excluding carboxylic acids is 2. The van der Waals surface area contributed by atoms with E-state index in [1.165, 1.54) is 16.8 Å². The molecule has 0 aliphatic carbocycles. The Hall–Kier alpha value is -2.32. The molecule has 0 aliphatic rings. The third-order valence-corrected chi connectivity index (χ3v) is 3.70. The van der Waals surface area contributed by atoms with Gasteiger partial charge in [0.2, 0.25) is 0 Å². The van der Waals surface area contributed by atoms with Gasteiger partial charge in [0.25, 0.3) is 0 Å². The van der Waals surface area contributed by atoms with Crippen LogP contribution in [-0.4, -0.2) is 65.0 Å². The number of benzene rings is 1. The average Bonchev–Trinajstić information content (AvgIpc) is 2.58. The number of aliphatic hydroxyl groups excluding tert-OH is 2. The van der Waals surface area contributed by atoms with Crippen LogP contribution in [0, 0.1) is 6.92 Å². The fraction of sp³-hybridized carbons (Fsp3) is 0.579.